The van der Waals surface area contributed by atoms with E-state index in [1.165, 1.54) is 0 Å². The quantitative estimate of drug-likeness (QED) is 0.869. The molecule has 0 amide bonds. The Morgan fingerprint density at radius 1 is 1.35 bits per heavy atom. The van der Waals surface area contributed by atoms with Gasteiger partial charge in [-0.3, -0.25) is 4.68 Å². The standard InChI is InChI=1S/C14H23N5O/c1-5-11-6-12(18(4)17-11)13(20)7-14-15-9-16-19(14)8-10(2)3/h6,9-10,13,20H,5,7-8H2,1-4H3. The lowest BCUT2D eigenvalue weighted by Crippen LogP contribution is -2.15. The minimum atomic E-state index is -0.608. The molecule has 0 aromatic carbocycles. The number of nitrogens with zero attached hydrogens (tertiary/aromatic N) is 5. The van der Waals surface area contributed by atoms with Crippen LogP contribution in [0.1, 0.15) is 44.1 Å². The van der Waals surface area contributed by atoms with Crippen molar-refractivity contribution in [2.75, 3.05) is 0 Å². The molecule has 2 rings (SSSR count). The fourth-order valence-corrected chi connectivity index (χ4v) is 2.25. The molecule has 0 saturated carbocycles. The number of aliphatic hydroxyl groups is 1. The van der Waals surface area contributed by atoms with Crippen molar-refractivity contribution in [1.29, 1.82) is 0 Å². The molecule has 6 heteroatoms. The summed E-state index contributed by atoms with van der Waals surface area (Å²) < 4.78 is 3.61. The van der Waals surface area contributed by atoms with Crippen molar-refractivity contribution in [3.05, 3.63) is 29.6 Å². The van der Waals surface area contributed by atoms with Gasteiger partial charge < -0.3 is 5.11 Å². The number of aryl methyl sites for hydroxylation is 2. The van der Waals surface area contributed by atoms with E-state index in [0.29, 0.717) is 12.3 Å². The van der Waals surface area contributed by atoms with E-state index in [1.807, 2.05) is 17.8 Å². The van der Waals surface area contributed by atoms with Gasteiger partial charge in [0.1, 0.15) is 18.3 Å². The molecule has 1 atom stereocenters. The molecule has 0 spiro atoms. The van der Waals surface area contributed by atoms with E-state index in [2.05, 4.69) is 36.0 Å². The zero-order chi connectivity index (χ0) is 14.7. The summed E-state index contributed by atoms with van der Waals surface area (Å²) in [5.41, 5.74) is 1.81. The van der Waals surface area contributed by atoms with Gasteiger partial charge in [0.05, 0.1) is 11.4 Å². The number of aromatic nitrogens is 5. The van der Waals surface area contributed by atoms with Gasteiger partial charge in [-0.15, -0.1) is 0 Å². The largest absolute Gasteiger partial charge is 0.386 e. The van der Waals surface area contributed by atoms with Crippen LogP contribution in [0, 0.1) is 5.92 Å². The van der Waals surface area contributed by atoms with Crippen LogP contribution in [0.25, 0.3) is 0 Å². The minimum absolute atomic E-state index is 0.454. The lowest BCUT2D eigenvalue weighted by molar-refractivity contribution is 0.164. The van der Waals surface area contributed by atoms with Crippen molar-refractivity contribution in [2.45, 2.75) is 46.3 Å². The molecule has 0 saturated heterocycles. The van der Waals surface area contributed by atoms with Crippen molar-refractivity contribution in [1.82, 2.24) is 24.5 Å². The molecule has 20 heavy (non-hydrogen) atoms. The Hall–Kier alpha value is -1.69. The maximum atomic E-state index is 10.4. The molecular formula is C14H23N5O. The Bertz CT molecular complexity index is 558. The van der Waals surface area contributed by atoms with Crippen LogP contribution < -0.4 is 0 Å². The molecule has 0 fully saturated rings. The molecule has 0 aliphatic rings. The lowest BCUT2D eigenvalue weighted by atomic mass is 10.1. The highest BCUT2D eigenvalue weighted by atomic mass is 16.3. The van der Waals surface area contributed by atoms with Gasteiger partial charge in [-0.1, -0.05) is 20.8 Å². The van der Waals surface area contributed by atoms with Gasteiger partial charge in [0.15, 0.2) is 0 Å². The van der Waals surface area contributed by atoms with E-state index in [4.69, 9.17) is 0 Å². The van der Waals surface area contributed by atoms with E-state index < -0.39 is 6.10 Å². The molecule has 0 bridgehead atoms. The van der Waals surface area contributed by atoms with E-state index in [9.17, 15) is 5.11 Å². The van der Waals surface area contributed by atoms with Crippen LogP contribution in [-0.2, 0) is 26.4 Å². The molecule has 0 aliphatic heterocycles. The second-order valence-corrected chi connectivity index (χ2v) is 5.51. The SMILES string of the molecule is CCc1cc(C(O)Cc2ncnn2CC(C)C)n(C)n1. The Labute approximate surface area is 119 Å². The van der Waals surface area contributed by atoms with Crippen molar-refractivity contribution < 1.29 is 5.11 Å². The number of hydrogen-bond acceptors (Lipinski definition) is 4. The molecule has 110 valence electrons. The Morgan fingerprint density at radius 3 is 2.70 bits per heavy atom. The predicted octanol–water partition coefficient (Wildman–Crippen LogP) is 1.51. The van der Waals surface area contributed by atoms with Gasteiger partial charge in [0, 0.05) is 20.0 Å². The summed E-state index contributed by atoms with van der Waals surface area (Å²) in [6.45, 7) is 7.14. The van der Waals surface area contributed by atoms with Crippen LogP contribution in [-0.4, -0.2) is 29.7 Å². The zero-order valence-corrected chi connectivity index (χ0v) is 12.6. The molecule has 2 aromatic rings. The first-order chi connectivity index (χ1) is 9.51. The van der Waals surface area contributed by atoms with Crippen molar-refractivity contribution in [3.8, 4) is 0 Å². The second-order valence-electron chi connectivity index (χ2n) is 5.51. The summed E-state index contributed by atoms with van der Waals surface area (Å²) in [6, 6.07) is 1.95. The van der Waals surface area contributed by atoms with Gasteiger partial charge >= 0.3 is 0 Å². The van der Waals surface area contributed by atoms with Crippen LogP contribution in [0.15, 0.2) is 12.4 Å². The van der Waals surface area contributed by atoms with Gasteiger partial charge in [-0.05, 0) is 18.4 Å². The Kier molecular flexibility index (Phi) is 4.54. The summed E-state index contributed by atoms with van der Waals surface area (Å²) >= 11 is 0. The number of hydrogen-bond donors (Lipinski definition) is 1. The molecular weight excluding hydrogens is 254 g/mol. The minimum Gasteiger partial charge on any atom is -0.386 e. The van der Waals surface area contributed by atoms with E-state index in [1.54, 1.807) is 11.0 Å². The maximum absolute atomic E-state index is 10.4. The molecule has 6 nitrogen and oxygen atoms in total. The first-order valence-electron chi connectivity index (χ1n) is 7.08. The van der Waals surface area contributed by atoms with Gasteiger partial charge in [-0.25, -0.2) is 9.67 Å². The Morgan fingerprint density at radius 2 is 2.10 bits per heavy atom. The molecule has 0 radical (unpaired) electrons. The third kappa shape index (κ3) is 3.25. The van der Waals surface area contributed by atoms with Gasteiger partial charge in [0.2, 0.25) is 0 Å². The fraction of sp³-hybridized carbons (Fsp3) is 0.643. The summed E-state index contributed by atoms with van der Waals surface area (Å²) in [5, 5.41) is 19.0. The summed E-state index contributed by atoms with van der Waals surface area (Å²) in [4.78, 5) is 4.25. The first-order valence-corrected chi connectivity index (χ1v) is 7.08. The smallest absolute Gasteiger partial charge is 0.138 e. The average molecular weight is 277 g/mol. The lowest BCUT2D eigenvalue weighted by Gasteiger charge is -2.12. The molecule has 0 aliphatic carbocycles. The summed E-state index contributed by atoms with van der Waals surface area (Å²) in [7, 11) is 1.86. The Balaban J connectivity index is 2.13. The zero-order valence-electron chi connectivity index (χ0n) is 12.6. The fourth-order valence-electron chi connectivity index (χ4n) is 2.25. The van der Waals surface area contributed by atoms with E-state index >= 15 is 0 Å². The van der Waals surface area contributed by atoms with Gasteiger partial charge in [0.25, 0.3) is 0 Å². The summed E-state index contributed by atoms with van der Waals surface area (Å²) in [6.07, 6.45) is 2.26. The highest BCUT2D eigenvalue weighted by molar-refractivity contribution is 5.14. The predicted molar refractivity (Wildman–Crippen MR) is 76.1 cm³/mol. The summed E-state index contributed by atoms with van der Waals surface area (Å²) in [5.74, 6) is 1.31. The molecule has 2 heterocycles. The highest BCUT2D eigenvalue weighted by Crippen LogP contribution is 2.18. The monoisotopic (exact) mass is 277 g/mol. The maximum Gasteiger partial charge on any atom is 0.138 e. The normalized spacial score (nSPS) is 13.1. The average Bonchev–Trinajstić information content (AvgIpc) is 2.96. The molecule has 1 N–H and O–H groups in total. The molecule has 1 unspecified atom stereocenters. The van der Waals surface area contributed by atoms with Crippen molar-refractivity contribution in [3.63, 3.8) is 0 Å². The molecule has 2 aromatic heterocycles. The van der Waals surface area contributed by atoms with Crippen LogP contribution in [0.3, 0.4) is 0 Å². The van der Waals surface area contributed by atoms with E-state index in [-0.39, 0.29) is 0 Å². The van der Waals surface area contributed by atoms with Crippen molar-refractivity contribution >= 4 is 0 Å². The number of aliphatic hydroxyl groups excluding tert-OH is 1. The number of rotatable bonds is 6. The van der Waals surface area contributed by atoms with Crippen LogP contribution in [0.4, 0.5) is 0 Å². The van der Waals surface area contributed by atoms with Crippen molar-refractivity contribution in [2.24, 2.45) is 13.0 Å². The highest BCUT2D eigenvalue weighted by Gasteiger charge is 2.17. The third-order valence-electron chi connectivity index (χ3n) is 3.28. The van der Waals surface area contributed by atoms with Crippen LogP contribution in [0.5, 0.6) is 0 Å². The third-order valence-corrected chi connectivity index (χ3v) is 3.28. The van der Waals surface area contributed by atoms with Crippen LogP contribution in [0.2, 0.25) is 0 Å². The van der Waals surface area contributed by atoms with Crippen LogP contribution >= 0.6 is 0 Å². The second kappa shape index (κ2) is 6.17. The van der Waals surface area contributed by atoms with Gasteiger partial charge in [-0.2, -0.15) is 10.2 Å². The van der Waals surface area contributed by atoms with E-state index in [0.717, 1.165) is 30.2 Å². The first kappa shape index (κ1) is 14.7. The topological polar surface area (TPSA) is 68.8 Å².